The highest BCUT2D eigenvalue weighted by atomic mass is 19.1. The molecule has 0 aliphatic carbocycles. The number of piperazine rings is 1. The van der Waals surface area contributed by atoms with Gasteiger partial charge in [0.1, 0.15) is 22.9 Å². The first-order valence-electron chi connectivity index (χ1n) is 11.7. The molecule has 3 rings (SSSR count). The van der Waals surface area contributed by atoms with Crippen molar-refractivity contribution < 1.29 is 18.7 Å². The van der Waals surface area contributed by atoms with Gasteiger partial charge in [-0.25, -0.2) is 14.2 Å². The van der Waals surface area contributed by atoms with Gasteiger partial charge < -0.3 is 24.9 Å². The lowest BCUT2D eigenvalue weighted by Gasteiger charge is -2.46. The maximum Gasteiger partial charge on any atom is 0.410 e. The largest absolute Gasteiger partial charge is 0.444 e. The lowest BCUT2D eigenvalue weighted by Crippen LogP contribution is -2.62. The minimum absolute atomic E-state index is 0.207. The minimum Gasteiger partial charge on any atom is -0.444 e. The highest BCUT2D eigenvalue weighted by molar-refractivity contribution is 6.10. The van der Waals surface area contributed by atoms with Crippen molar-refractivity contribution in [2.24, 2.45) is 0 Å². The molecular formula is C26H34FN5O3. The molecule has 9 heteroatoms. The lowest BCUT2D eigenvalue weighted by atomic mass is 9.98. The summed E-state index contributed by atoms with van der Waals surface area (Å²) in [5.74, 6) is -0.0557. The first-order chi connectivity index (χ1) is 16.3. The van der Waals surface area contributed by atoms with Crippen LogP contribution in [0.15, 0.2) is 36.5 Å². The number of halogens is 1. The Kier molecular flexibility index (Phi) is 7.47. The third-order valence-electron chi connectivity index (χ3n) is 5.76. The van der Waals surface area contributed by atoms with Crippen LogP contribution >= 0.6 is 0 Å². The Morgan fingerprint density at radius 1 is 1.23 bits per heavy atom. The zero-order valence-electron chi connectivity index (χ0n) is 21.2. The molecule has 0 saturated carbocycles. The van der Waals surface area contributed by atoms with E-state index in [-0.39, 0.29) is 23.5 Å². The van der Waals surface area contributed by atoms with Gasteiger partial charge in [0.25, 0.3) is 5.91 Å². The number of allylic oxidation sites excluding steroid dienone is 2. The fraction of sp³-hybridized carbons (Fsp3) is 0.462. The lowest BCUT2D eigenvalue weighted by molar-refractivity contribution is -0.0110. The summed E-state index contributed by atoms with van der Waals surface area (Å²) >= 11 is 0. The highest BCUT2D eigenvalue weighted by Crippen LogP contribution is 2.25. The summed E-state index contributed by atoms with van der Waals surface area (Å²) < 4.78 is 18.7. The normalized spacial score (nSPS) is 16.3. The van der Waals surface area contributed by atoms with Crippen molar-refractivity contribution in [1.29, 1.82) is 5.41 Å². The number of H-pyrrole nitrogens is 1. The molecule has 1 aromatic carbocycles. The second-order valence-electron chi connectivity index (χ2n) is 10.3. The van der Waals surface area contributed by atoms with Crippen LogP contribution in [0.4, 0.5) is 9.18 Å². The maximum atomic E-state index is 13.3. The zero-order valence-corrected chi connectivity index (χ0v) is 21.2. The van der Waals surface area contributed by atoms with Crippen LogP contribution in [-0.4, -0.2) is 68.3 Å². The number of hydrogen-bond acceptors (Lipinski definition) is 5. The standard InChI is InChI=1S/C26H34FN5O3/c1-7-17(14-20(28)18-8-10-19(27)11-9-18)22-29-15-21(30-22)23(33)32-13-12-31(16-26(32,5)6)24(34)35-25(2,3)4/h8-11,14-15,28H,7,12-13,16H2,1-6H3,(H,29,30)/b17-14-,28-20?. The molecule has 0 spiro atoms. The number of rotatable bonds is 5. The zero-order chi connectivity index (χ0) is 26.0. The summed E-state index contributed by atoms with van der Waals surface area (Å²) in [7, 11) is 0. The third-order valence-corrected chi connectivity index (χ3v) is 5.76. The maximum absolute atomic E-state index is 13.3. The van der Waals surface area contributed by atoms with E-state index in [0.29, 0.717) is 43.1 Å². The van der Waals surface area contributed by atoms with Crippen LogP contribution in [0.1, 0.15) is 69.8 Å². The van der Waals surface area contributed by atoms with Gasteiger partial charge in [0, 0.05) is 19.6 Å². The second kappa shape index (κ2) is 10.0. The first-order valence-corrected chi connectivity index (χ1v) is 11.7. The number of nitrogens with one attached hydrogen (secondary N) is 2. The number of imidazole rings is 1. The molecule has 1 fully saturated rings. The van der Waals surface area contributed by atoms with Gasteiger partial charge in [-0.15, -0.1) is 0 Å². The summed E-state index contributed by atoms with van der Waals surface area (Å²) in [4.78, 5) is 36.7. The predicted octanol–water partition coefficient (Wildman–Crippen LogP) is 4.88. The van der Waals surface area contributed by atoms with Gasteiger partial charge in [-0.3, -0.25) is 4.79 Å². The molecule has 0 atom stereocenters. The van der Waals surface area contributed by atoms with E-state index in [4.69, 9.17) is 10.1 Å². The number of aromatic nitrogens is 2. The summed E-state index contributed by atoms with van der Waals surface area (Å²) in [6.07, 6.45) is 3.37. The summed E-state index contributed by atoms with van der Waals surface area (Å²) in [5.41, 5.74) is 0.720. The van der Waals surface area contributed by atoms with Crippen molar-refractivity contribution in [2.75, 3.05) is 19.6 Å². The topological polar surface area (TPSA) is 102 Å². The van der Waals surface area contributed by atoms with E-state index in [0.717, 1.165) is 5.57 Å². The number of hydrogen-bond donors (Lipinski definition) is 2. The molecule has 35 heavy (non-hydrogen) atoms. The van der Waals surface area contributed by atoms with Gasteiger partial charge in [-0.2, -0.15) is 0 Å². The van der Waals surface area contributed by atoms with Gasteiger partial charge in [0.05, 0.1) is 17.4 Å². The summed E-state index contributed by atoms with van der Waals surface area (Å²) in [6, 6.07) is 5.74. The quantitative estimate of drug-likeness (QED) is 0.592. The molecule has 0 radical (unpaired) electrons. The summed E-state index contributed by atoms with van der Waals surface area (Å²) in [6.45, 7) is 12.3. The predicted molar refractivity (Wildman–Crippen MR) is 133 cm³/mol. The van der Waals surface area contributed by atoms with Crippen LogP contribution < -0.4 is 0 Å². The van der Waals surface area contributed by atoms with Crippen molar-refractivity contribution in [1.82, 2.24) is 19.8 Å². The van der Waals surface area contributed by atoms with Crippen LogP contribution in [0.2, 0.25) is 0 Å². The highest BCUT2D eigenvalue weighted by Gasteiger charge is 2.40. The van der Waals surface area contributed by atoms with E-state index in [1.165, 1.54) is 18.3 Å². The minimum atomic E-state index is -0.606. The molecule has 1 aromatic heterocycles. The molecule has 2 heterocycles. The number of carbonyl (C=O) groups is 2. The first kappa shape index (κ1) is 26.1. The number of nitrogens with zero attached hydrogens (tertiary/aromatic N) is 3. The number of aromatic amines is 1. The van der Waals surface area contributed by atoms with Crippen LogP contribution in [0.25, 0.3) is 5.57 Å². The van der Waals surface area contributed by atoms with Gasteiger partial charge in [0.15, 0.2) is 0 Å². The smallest absolute Gasteiger partial charge is 0.410 e. The fourth-order valence-electron chi connectivity index (χ4n) is 3.98. The Balaban J connectivity index is 1.74. The molecule has 0 bridgehead atoms. The van der Waals surface area contributed by atoms with Crippen molar-refractivity contribution in [3.8, 4) is 0 Å². The molecule has 1 aliphatic heterocycles. The van der Waals surface area contributed by atoms with Crippen LogP contribution in [-0.2, 0) is 4.74 Å². The molecule has 2 N–H and O–H groups in total. The van der Waals surface area contributed by atoms with Crippen LogP contribution in [0.3, 0.4) is 0 Å². The molecule has 1 saturated heterocycles. The van der Waals surface area contributed by atoms with E-state index in [1.807, 2.05) is 41.5 Å². The van der Waals surface area contributed by atoms with Crippen molar-refractivity contribution >= 4 is 23.3 Å². The number of ether oxygens (including phenoxy) is 1. The molecule has 1 aliphatic rings. The molecule has 0 unspecified atom stereocenters. The SMILES string of the molecule is CC/C(=C/C(=N)c1ccc(F)cc1)c1ncc(C(=O)N2CCN(C(=O)OC(C)(C)C)CC2(C)C)[nH]1. The average molecular weight is 484 g/mol. The Hall–Kier alpha value is -3.49. The van der Waals surface area contributed by atoms with E-state index in [2.05, 4.69) is 9.97 Å². The Bertz CT molecular complexity index is 1130. The van der Waals surface area contributed by atoms with Gasteiger partial charge >= 0.3 is 6.09 Å². The molecule has 2 amide bonds. The van der Waals surface area contributed by atoms with E-state index in [1.54, 1.807) is 28.0 Å². The second-order valence-corrected chi connectivity index (χ2v) is 10.3. The van der Waals surface area contributed by atoms with Gasteiger partial charge in [-0.1, -0.05) is 6.92 Å². The van der Waals surface area contributed by atoms with E-state index < -0.39 is 11.1 Å². The van der Waals surface area contributed by atoms with Crippen molar-refractivity contribution in [3.63, 3.8) is 0 Å². The number of benzene rings is 1. The van der Waals surface area contributed by atoms with E-state index >= 15 is 0 Å². The monoisotopic (exact) mass is 483 g/mol. The fourth-order valence-corrected chi connectivity index (χ4v) is 3.98. The van der Waals surface area contributed by atoms with Crippen LogP contribution in [0, 0.1) is 11.2 Å². The Labute approximate surface area is 205 Å². The van der Waals surface area contributed by atoms with E-state index in [9.17, 15) is 14.0 Å². The number of carbonyl (C=O) groups excluding carboxylic acids is 2. The average Bonchev–Trinajstić information content (AvgIpc) is 3.25. The molecule has 2 aromatic rings. The van der Waals surface area contributed by atoms with Gasteiger partial charge in [-0.05, 0) is 82.5 Å². The molecular weight excluding hydrogens is 449 g/mol. The van der Waals surface area contributed by atoms with Crippen molar-refractivity contribution in [3.05, 3.63) is 59.4 Å². The molecule has 8 nitrogen and oxygen atoms in total. The van der Waals surface area contributed by atoms with Crippen LogP contribution in [0.5, 0.6) is 0 Å². The third kappa shape index (κ3) is 6.35. The number of amides is 2. The Morgan fingerprint density at radius 2 is 1.89 bits per heavy atom. The van der Waals surface area contributed by atoms with Crippen molar-refractivity contribution in [2.45, 2.75) is 59.1 Å². The summed E-state index contributed by atoms with van der Waals surface area (Å²) in [5, 5.41) is 8.34. The Morgan fingerprint density at radius 3 is 2.46 bits per heavy atom. The van der Waals surface area contributed by atoms with Gasteiger partial charge in [0.2, 0.25) is 0 Å². The molecule has 188 valence electrons.